The number of anilines is 2. The molecule has 4 heterocycles. The van der Waals surface area contributed by atoms with E-state index >= 15 is 0 Å². The van der Waals surface area contributed by atoms with Crippen molar-refractivity contribution >= 4 is 11.8 Å². The SMILES string of the molecule is C1=C(N(Cc2ccccc2)c2nnc(-c3cccnc3NCc3ccncc3)[nH]2)OCO1. The molecule has 0 fully saturated rings. The predicted molar refractivity (Wildman–Crippen MR) is 119 cm³/mol. The van der Waals surface area contributed by atoms with Crippen LogP contribution in [-0.2, 0) is 22.6 Å². The number of benzene rings is 1. The van der Waals surface area contributed by atoms with E-state index < -0.39 is 0 Å². The number of ether oxygens (including phenoxy) is 2. The fourth-order valence-electron chi connectivity index (χ4n) is 3.32. The number of aromatic nitrogens is 5. The van der Waals surface area contributed by atoms with Crippen LogP contribution in [-0.4, -0.2) is 31.9 Å². The van der Waals surface area contributed by atoms with Crippen LogP contribution in [0.25, 0.3) is 11.4 Å². The molecule has 160 valence electrons. The maximum atomic E-state index is 5.62. The van der Waals surface area contributed by atoms with Crippen LogP contribution in [0.3, 0.4) is 0 Å². The van der Waals surface area contributed by atoms with Crippen LogP contribution in [0, 0.1) is 0 Å². The van der Waals surface area contributed by atoms with E-state index in [1.807, 2.05) is 59.5 Å². The topological polar surface area (TPSA) is 101 Å². The van der Waals surface area contributed by atoms with Crippen molar-refractivity contribution in [3.63, 3.8) is 0 Å². The lowest BCUT2D eigenvalue weighted by Crippen LogP contribution is -2.23. The van der Waals surface area contributed by atoms with Gasteiger partial charge in [-0.3, -0.25) is 9.88 Å². The molecule has 0 saturated carbocycles. The highest BCUT2D eigenvalue weighted by molar-refractivity contribution is 5.70. The Hall–Kier alpha value is -4.40. The van der Waals surface area contributed by atoms with Gasteiger partial charge < -0.3 is 19.8 Å². The third-order valence-electron chi connectivity index (χ3n) is 4.91. The Labute approximate surface area is 184 Å². The van der Waals surface area contributed by atoms with E-state index in [4.69, 9.17) is 9.47 Å². The van der Waals surface area contributed by atoms with Gasteiger partial charge in [0.15, 0.2) is 5.82 Å². The molecular weight excluding hydrogens is 406 g/mol. The smallest absolute Gasteiger partial charge is 0.235 e. The van der Waals surface area contributed by atoms with Crippen LogP contribution in [0.1, 0.15) is 11.1 Å². The zero-order valence-corrected chi connectivity index (χ0v) is 17.2. The van der Waals surface area contributed by atoms with Crippen LogP contribution in [0.4, 0.5) is 11.8 Å². The zero-order valence-electron chi connectivity index (χ0n) is 17.2. The van der Waals surface area contributed by atoms with Gasteiger partial charge >= 0.3 is 0 Å². The number of pyridine rings is 2. The molecule has 0 aliphatic carbocycles. The first-order valence-corrected chi connectivity index (χ1v) is 10.1. The minimum absolute atomic E-state index is 0.174. The van der Waals surface area contributed by atoms with Gasteiger partial charge in [-0.15, -0.1) is 10.2 Å². The number of rotatable bonds is 8. The summed E-state index contributed by atoms with van der Waals surface area (Å²) in [5, 5.41) is 12.1. The molecule has 9 heteroatoms. The molecule has 0 unspecified atom stereocenters. The van der Waals surface area contributed by atoms with Gasteiger partial charge in [-0.1, -0.05) is 30.3 Å². The molecule has 4 aromatic rings. The van der Waals surface area contributed by atoms with Gasteiger partial charge in [0.05, 0.1) is 12.1 Å². The molecule has 0 amide bonds. The van der Waals surface area contributed by atoms with Crippen molar-refractivity contribution in [2.75, 3.05) is 17.0 Å². The summed E-state index contributed by atoms with van der Waals surface area (Å²) in [6.07, 6.45) is 6.86. The summed E-state index contributed by atoms with van der Waals surface area (Å²) in [4.78, 5) is 13.7. The number of H-pyrrole nitrogens is 1. The van der Waals surface area contributed by atoms with Crippen molar-refractivity contribution in [2.24, 2.45) is 0 Å². The summed E-state index contributed by atoms with van der Waals surface area (Å²) in [7, 11) is 0. The fraction of sp³-hybridized carbons (Fsp3) is 0.130. The lowest BCUT2D eigenvalue weighted by molar-refractivity contribution is 0.0780. The number of nitrogens with zero attached hydrogens (tertiary/aromatic N) is 5. The summed E-state index contributed by atoms with van der Waals surface area (Å²) in [6.45, 7) is 1.34. The maximum absolute atomic E-state index is 5.62. The molecule has 0 spiro atoms. The molecule has 2 N–H and O–H groups in total. The standard InChI is InChI=1S/C23H21N7O2/c1-2-5-18(6-3-1)14-30(20-15-31-16-32-20)23-27-22(28-29-23)19-7-4-10-25-21(19)26-13-17-8-11-24-12-9-17/h1-12,15H,13-14,16H2,(H,25,26)(H,27,28,29). The van der Waals surface area contributed by atoms with Crippen LogP contribution in [0.15, 0.2) is 85.3 Å². The van der Waals surface area contributed by atoms with Crippen LogP contribution < -0.4 is 10.2 Å². The third kappa shape index (κ3) is 4.36. The van der Waals surface area contributed by atoms with Gasteiger partial charge in [-0.2, -0.15) is 0 Å². The highest BCUT2D eigenvalue weighted by Crippen LogP contribution is 2.27. The van der Waals surface area contributed by atoms with Crippen LogP contribution in [0.5, 0.6) is 0 Å². The Morgan fingerprint density at radius 2 is 1.81 bits per heavy atom. The van der Waals surface area contributed by atoms with E-state index in [1.54, 1.807) is 24.9 Å². The molecule has 0 bridgehead atoms. The molecular formula is C23H21N7O2. The second-order valence-corrected chi connectivity index (χ2v) is 7.06. The van der Waals surface area contributed by atoms with Gasteiger partial charge in [0.2, 0.25) is 18.6 Å². The van der Waals surface area contributed by atoms with E-state index in [-0.39, 0.29) is 6.79 Å². The Morgan fingerprint density at radius 3 is 2.62 bits per heavy atom. The van der Waals surface area contributed by atoms with E-state index in [1.165, 1.54) is 0 Å². The quantitative estimate of drug-likeness (QED) is 0.439. The largest absolute Gasteiger partial charge is 0.459 e. The summed E-state index contributed by atoms with van der Waals surface area (Å²) >= 11 is 0. The molecule has 3 aromatic heterocycles. The first-order valence-electron chi connectivity index (χ1n) is 10.1. The average molecular weight is 427 g/mol. The molecule has 9 nitrogen and oxygen atoms in total. The molecule has 0 radical (unpaired) electrons. The van der Waals surface area contributed by atoms with Crippen molar-refractivity contribution in [1.29, 1.82) is 0 Å². The first kappa shape index (κ1) is 19.6. The number of hydrogen-bond donors (Lipinski definition) is 2. The minimum Gasteiger partial charge on any atom is -0.459 e. The summed E-state index contributed by atoms with van der Waals surface area (Å²) in [5.41, 5.74) is 3.02. The third-order valence-corrected chi connectivity index (χ3v) is 4.91. The van der Waals surface area contributed by atoms with Crippen molar-refractivity contribution in [3.05, 3.63) is 96.5 Å². The second kappa shape index (κ2) is 9.17. The molecule has 1 aliphatic rings. The van der Waals surface area contributed by atoms with Crippen molar-refractivity contribution < 1.29 is 9.47 Å². The van der Waals surface area contributed by atoms with Crippen LogP contribution >= 0.6 is 0 Å². The second-order valence-electron chi connectivity index (χ2n) is 7.06. The molecule has 1 aliphatic heterocycles. The van der Waals surface area contributed by atoms with E-state index in [0.29, 0.717) is 36.6 Å². The summed E-state index contributed by atoms with van der Waals surface area (Å²) in [5.74, 6) is 2.42. The monoisotopic (exact) mass is 427 g/mol. The highest BCUT2D eigenvalue weighted by Gasteiger charge is 2.22. The molecule has 1 aromatic carbocycles. The minimum atomic E-state index is 0.174. The van der Waals surface area contributed by atoms with Gasteiger partial charge in [0.1, 0.15) is 12.1 Å². The average Bonchev–Trinajstić information content (AvgIpc) is 3.56. The van der Waals surface area contributed by atoms with Crippen LogP contribution in [0.2, 0.25) is 0 Å². The zero-order chi connectivity index (χ0) is 21.6. The van der Waals surface area contributed by atoms with Gasteiger partial charge in [0, 0.05) is 25.1 Å². The van der Waals surface area contributed by atoms with E-state index in [2.05, 4.69) is 30.5 Å². The van der Waals surface area contributed by atoms with Crippen molar-refractivity contribution in [2.45, 2.75) is 13.1 Å². The Balaban J connectivity index is 1.41. The summed E-state index contributed by atoms with van der Waals surface area (Å²) in [6, 6.07) is 17.8. The molecule has 32 heavy (non-hydrogen) atoms. The predicted octanol–water partition coefficient (Wildman–Crippen LogP) is 3.68. The van der Waals surface area contributed by atoms with Gasteiger partial charge in [-0.05, 0) is 35.4 Å². The maximum Gasteiger partial charge on any atom is 0.235 e. The Morgan fingerprint density at radius 1 is 0.938 bits per heavy atom. The molecule has 5 rings (SSSR count). The first-order chi connectivity index (χ1) is 15.9. The van der Waals surface area contributed by atoms with Crippen molar-refractivity contribution in [3.8, 4) is 11.4 Å². The molecule has 0 saturated heterocycles. The van der Waals surface area contributed by atoms with E-state index in [0.717, 1.165) is 16.7 Å². The van der Waals surface area contributed by atoms with Crippen molar-refractivity contribution in [1.82, 2.24) is 25.1 Å². The fourth-order valence-corrected chi connectivity index (χ4v) is 3.32. The van der Waals surface area contributed by atoms with E-state index in [9.17, 15) is 0 Å². The lowest BCUT2D eigenvalue weighted by atomic mass is 10.2. The molecule has 0 atom stereocenters. The Kier molecular flexibility index (Phi) is 5.60. The highest BCUT2D eigenvalue weighted by atomic mass is 16.7. The van der Waals surface area contributed by atoms with Gasteiger partial charge in [-0.25, -0.2) is 4.98 Å². The number of nitrogens with one attached hydrogen (secondary N) is 2. The lowest BCUT2D eigenvalue weighted by Gasteiger charge is -2.20. The Bertz CT molecular complexity index is 1200. The number of hydrogen-bond acceptors (Lipinski definition) is 8. The normalized spacial score (nSPS) is 12.6. The van der Waals surface area contributed by atoms with Gasteiger partial charge in [0.25, 0.3) is 0 Å². The number of aromatic amines is 1. The summed E-state index contributed by atoms with van der Waals surface area (Å²) < 4.78 is 10.9.